The average Bonchev–Trinajstić information content (AvgIpc) is 2.97. The van der Waals surface area contributed by atoms with Crippen LogP contribution in [0.5, 0.6) is 0 Å². The number of aliphatic hydroxyl groups excluding tert-OH is 1. The van der Waals surface area contributed by atoms with E-state index in [1.807, 2.05) is 0 Å². The second-order valence-electron chi connectivity index (χ2n) is 7.13. The van der Waals surface area contributed by atoms with Gasteiger partial charge in [-0.3, -0.25) is 0 Å². The van der Waals surface area contributed by atoms with E-state index in [9.17, 15) is 30.4 Å². The number of nitrogens with one attached hydrogen (secondary N) is 1. The quantitative estimate of drug-likeness (QED) is 0.509. The van der Waals surface area contributed by atoms with Crippen molar-refractivity contribution in [2.24, 2.45) is 0 Å². The lowest BCUT2D eigenvalue weighted by atomic mass is 10.2. The molecule has 0 radical (unpaired) electrons. The van der Waals surface area contributed by atoms with Gasteiger partial charge in [0.2, 0.25) is 20.0 Å². The largest absolute Gasteiger partial charge is 0.390 e. The fraction of sp³-hybridized carbons (Fsp3) is 0.333. The number of halogens is 2. The minimum atomic E-state index is -4.27. The zero-order chi connectivity index (χ0) is 23.7. The lowest BCUT2D eigenvalue weighted by Crippen LogP contribution is -2.49. The van der Waals surface area contributed by atoms with Gasteiger partial charge in [-0.05, 0) is 48.5 Å². The molecule has 0 spiro atoms. The van der Waals surface area contributed by atoms with E-state index >= 15 is 0 Å². The predicted molar refractivity (Wildman–Crippen MR) is 120 cm³/mol. The number of hydrogen-bond acceptors (Lipinski definition) is 7. The van der Waals surface area contributed by atoms with Crippen molar-refractivity contribution in [3.63, 3.8) is 0 Å². The molecule has 2 atom stereocenters. The maximum atomic E-state index is 13.2. The molecule has 14 heteroatoms. The van der Waals surface area contributed by atoms with Gasteiger partial charge in [-0.15, -0.1) is 0 Å². The third-order valence-corrected chi connectivity index (χ3v) is 10.5. The number of benzene rings is 2. The van der Waals surface area contributed by atoms with Gasteiger partial charge in [0.25, 0.3) is 0 Å². The summed E-state index contributed by atoms with van der Waals surface area (Å²) < 4.78 is 78.5. The van der Waals surface area contributed by atoms with Crippen LogP contribution in [0.4, 0.5) is 0 Å². The highest BCUT2D eigenvalue weighted by Gasteiger charge is 2.44. The van der Waals surface area contributed by atoms with E-state index in [4.69, 9.17) is 23.2 Å². The molecule has 0 saturated carbocycles. The van der Waals surface area contributed by atoms with Crippen molar-refractivity contribution in [3.8, 4) is 0 Å². The molecule has 1 saturated heterocycles. The molecule has 0 amide bonds. The van der Waals surface area contributed by atoms with Gasteiger partial charge in [-0.2, -0.15) is 4.31 Å². The first-order chi connectivity index (χ1) is 14.8. The molecule has 0 aliphatic carbocycles. The smallest absolute Gasteiger partial charge is 0.243 e. The number of aliphatic hydroxyl groups is 1. The summed E-state index contributed by atoms with van der Waals surface area (Å²) in [5.74, 6) is -1.16. The van der Waals surface area contributed by atoms with Gasteiger partial charge in [0, 0.05) is 23.1 Å². The molecule has 1 heterocycles. The van der Waals surface area contributed by atoms with Crippen molar-refractivity contribution in [2.75, 3.05) is 24.6 Å². The van der Waals surface area contributed by atoms with Gasteiger partial charge < -0.3 is 5.11 Å². The zero-order valence-corrected chi connectivity index (χ0v) is 20.4. The topological polar surface area (TPSA) is 138 Å². The standard InChI is InChI=1S/C18H20Cl2N2O7S3/c19-13-1-5-15(6-2-13)31(26,27)21-9-10-22(17-11-30(24,25)12-18(17)23)32(28,29)16-7-3-14(20)4-8-16/h1-8,17-18,21,23H,9-12H2/t17-,18+/m1/s1. The van der Waals surface area contributed by atoms with Crippen LogP contribution in [0.2, 0.25) is 10.0 Å². The van der Waals surface area contributed by atoms with Gasteiger partial charge in [-0.25, -0.2) is 30.0 Å². The predicted octanol–water partition coefficient (Wildman–Crippen LogP) is 1.12. The average molecular weight is 543 g/mol. The van der Waals surface area contributed by atoms with Crippen LogP contribution in [0.1, 0.15) is 0 Å². The monoisotopic (exact) mass is 542 g/mol. The van der Waals surface area contributed by atoms with Crippen molar-refractivity contribution in [1.82, 2.24) is 9.03 Å². The second kappa shape index (κ2) is 9.55. The van der Waals surface area contributed by atoms with E-state index in [-0.39, 0.29) is 16.3 Å². The Labute approximate surface area is 197 Å². The molecule has 1 aliphatic heterocycles. The summed E-state index contributed by atoms with van der Waals surface area (Å²) in [6, 6.07) is 9.33. The third kappa shape index (κ3) is 5.81. The molecule has 0 unspecified atom stereocenters. The first-order valence-electron chi connectivity index (χ1n) is 9.23. The van der Waals surface area contributed by atoms with Crippen molar-refractivity contribution in [3.05, 3.63) is 58.6 Å². The summed E-state index contributed by atoms with van der Waals surface area (Å²) in [4.78, 5) is -0.239. The molecular formula is C18H20Cl2N2O7S3. The molecule has 2 aromatic carbocycles. The number of hydrogen-bond donors (Lipinski definition) is 2. The van der Waals surface area contributed by atoms with E-state index in [1.165, 1.54) is 48.5 Å². The molecule has 9 nitrogen and oxygen atoms in total. The van der Waals surface area contributed by atoms with E-state index in [0.29, 0.717) is 10.0 Å². The van der Waals surface area contributed by atoms with Gasteiger partial charge in [0.1, 0.15) is 0 Å². The van der Waals surface area contributed by atoms with Crippen molar-refractivity contribution in [2.45, 2.75) is 21.9 Å². The van der Waals surface area contributed by atoms with Gasteiger partial charge in [-0.1, -0.05) is 23.2 Å². The SMILES string of the molecule is O=S1(=O)C[C@@H](N(CCNS(=O)(=O)c2ccc(Cl)cc2)S(=O)(=O)c2ccc(Cl)cc2)[C@@H](O)C1. The van der Waals surface area contributed by atoms with Crippen LogP contribution in [0.3, 0.4) is 0 Å². The molecule has 1 aliphatic rings. The Kier molecular flexibility index (Phi) is 7.57. The first-order valence-corrected chi connectivity index (χ1v) is 14.7. The Balaban J connectivity index is 1.86. The summed E-state index contributed by atoms with van der Waals surface area (Å²) in [5, 5.41) is 10.9. The maximum Gasteiger partial charge on any atom is 0.243 e. The van der Waals surface area contributed by atoms with Crippen molar-refractivity contribution < 1.29 is 30.4 Å². The number of rotatable bonds is 8. The lowest BCUT2D eigenvalue weighted by Gasteiger charge is -2.29. The van der Waals surface area contributed by atoms with Gasteiger partial charge >= 0.3 is 0 Å². The van der Waals surface area contributed by atoms with Gasteiger partial charge in [0.05, 0.1) is 33.4 Å². The second-order valence-corrected chi connectivity index (χ2v) is 13.8. The normalized spacial score (nSPS) is 21.1. The Bertz CT molecular complexity index is 1280. The molecule has 32 heavy (non-hydrogen) atoms. The molecule has 0 bridgehead atoms. The third-order valence-electron chi connectivity index (χ3n) is 4.83. The Morgan fingerprint density at radius 1 is 0.906 bits per heavy atom. The highest BCUT2D eigenvalue weighted by molar-refractivity contribution is 7.92. The fourth-order valence-electron chi connectivity index (χ4n) is 3.28. The van der Waals surface area contributed by atoms with Crippen LogP contribution in [0.15, 0.2) is 58.3 Å². The Morgan fingerprint density at radius 3 is 1.88 bits per heavy atom. The summed E-state index contributed by atoms with van der Waals surface area (Å²) in [6.45, 7) is -0.768. The van der Waals surface area contributed by atoms with E-state index in [1.54, 1.807) is 0 Å². The van der Waals surface area contributed by atoms with Crippen LogP contribution in [-0.4, -0.2) is 71.4 Å². The number of nitrogens with zero attached hydrogens (tertiary/aromatic N) is 1. The van der Waals surface area contributed by atoms with Gasteiger partial charge in [0.15, 0.2) is 9.84 Å². The number of sulfone groups is 1. The first kappa shape index (κ1) is 25.4. The zero-order valence-electron chi connectivity index (χ0n) is 16.4. The maximum absolute atomic E-state index is 13.2. The minimum Gasteiger partial charge on any atom is -0.390 e. The number of sulfonamides is 2. The molecule has 2 N–H and O–H groups in total. The van der Waals surface area contributed by atoms with Crippen molar-refractivity contribution in [1.29, 1.82) is 0 Å². The molecule has 1 fully saturated rings. The van der Waals surface area contributed by atoms with Crippen molar-refractivity contribution >= 4 is 53.1 Å². The highest BCUT2D eigenvalue weighted by atomic mass is 35.5. The molecule has 3 rings (SSSR count). The fourth-order valence-corrected chi connectivity index (χ4v) is 8.10. The molecular weight excluding hydrogens is 523 g/mol. The van der Waals surface area contributed by atoms with Crippen LogP contribution in [0, 0.1) is 0 Å². The summed E-state index contributed by atoms with van der Waals surface area (Å²) in [7, 11) is -11.9. The Morgan fingerprint density at radius 2 is 1.41 bits per heavy atom. The van der Waals surface area contributed by atoms with Crippen LogP contribution in [0.25, 0.3) is 0 Å². The van der Waals surface area contributed by atoms with Crippen LogP contribution < -0.4 is 4.72 Å². The van der Waals surface area contributed by atoms with E-state index < -0.39 is 60.1 Å². The Hall–Kier alpha value is -1.25. The summed E-state index contributed by atoms with van der Waals surface area (Å²) >= 11 is 11.6. The van der Waals surface area contributed by atoms with E-state index in [2.05, 4.69) is 4.72 Å². The van der Waals surface area contributed by atoms with E-state index in [0.717, 1.165) is 4.31 Å². The highest BCUT2D eigenvalue weighted by Crippen LogP contribution is 2.26. The summed E-state index contributed by atoms with van der Waals surface area (Å²) in [6.07, 6.45) is -1.45. The minimum absolute atomic E-state index is 0.0718. The molecule has 176 valence electrons. The molecule has 2 aromatic rings. The summed E-state index contributed by atoms with van der Waals surface area (Å²) in [5.41, 5.74) is 0. The lowest BCUT2D eigenvalue weighted by molar-refractivity contribution is 0.128. The molecule has 0 aromatic heterocycles. The van der Waals surface area contributed by atoms with Crippen LogP contribution in [-0.2, 0) is 29.9 Å². The van der Waals surface area contributed by atoms with Crippen LogP contribution >= 0.6 is 23.2 Å².